The van der Waals surface area contributed by atoms with E-state index in [1.165, 1.54) is 0 Å². The highest BCUT2D eigenvalue weighted by molar-refractivity contribution is 5.45. The van der Waals surface area contributed by atoms with Gasteiger partial charge in [0.15, 0.2) is 0 Å². The fourth-order valence-electron chi connectivity index (χ4n) is 1.28. The highest BCUT2D eigenvalue weighted by Crippen LogP contribution is 2.46. The number of alkyl halides is 9. The van der Waals surface area contributed by atoms with Gasteiger partial charge in [0, 0.05) is 0 Å². The summed E-state index contributed by atoms with van der Waals surface area (Å²) in [7, 11) is 0. The molecule has 0 aliphatic heterocycles. The number of benzene rings is 1. The molecule has 0 saturated carbocycles. The lowest BCUT2D eigenvalue weighted by Gasteiger charge is -2.18. The lowest BCUT2D eigenvalue weighted by Crippen LogP contribution is -2.18. The van der Waals surface area contributed by atoms with E-state index in [1.54, 1.807) is 0 Å². The Morgan fingerprint density at radius 1 is 0.579 bits per heavy atom. The molecule has 0 aliphatic rings. The molecule has 0 bridgehead atoms. The first-order valence-electron chi connectivity index (χ1n) is 4.33. The Labute approximate surface area is 98.8 Å². The SMILES string of the molecule is Oc1cc(C(F)(F)F)c(C(F)(F)F)cc1C(F)(F)F. The minimum absolute atomic E-state index is 0.592. The third-order valence-corrected chi connectivity index (χ3v) is 2.05. The van der Waals surface area contributed by atoms with Gasteiger partial charge < -0.3 is 5.11 Å². The predicted octanol–water partition coefficient (Wildman–Crippen LogP) is 4.45. The fraction of sp³-hybridized carbons (Fsp3) is 0.333. The van der Waals surface area contributed by atoms with Crippen LogP contribution in [0.15, 0.2) is 12.1 Å². The number of hydrogen-bond acceptors (Lipinski definition) is 1. The molecule has 10 heteroatoms. The highest BCUT2D eigenvalue weighted by atomic mass is 19.4. The number of phenolic OH excluding ortho intramolecular Hbond substituents is 1. The topological polar surface area (TPSA) is 20.2 Å². The quantitative estimate of drug-likeness (QED) is 0.702. The Hall–Kier alpha value is -1.61. The van der Waals surface area contributed by atoms with E-state index in [1.807, 2.05) is 0 Å². The number of hydrogen-bond donors (Lipinski definition) is 1. The zero-order chi connectivity index (χ0) is 15.2. The molecule has 0 radical (unpaired) electrons. The van der Waals surface area contributed by atoms with Gasteiger partial charge in [0.2, 0.25) is 0 Å². The second-order valence-corrected chi connectivity index (χ2v) is 3.41. The van der Waals surface area contributed by atoms with Crippen LogP contribution in [0.2, 0.25) is 0 Å². The third kappa shape index (κ3) is 3.24. The second kappa shape index (κ2) is 4.20. The lowest BCUT2D eigenvalue weighted by atomic mass is 10.0. The van der Waals surface area contributed by atoms with Crippen molar-refractivity contribution in [3.05, 3.63) is 28.8 Å². The van der Waals surface area contributed by atoms with Crippen LogP contribution in [0.4, 0.5) is 39.5 Å². The number of halogens is 9. The summed E-state index contributed by atoms with van der Waals surface area (Å²) in [5.74, 6) is -1.92. The van der Waals surface area contributed by atoms with Gasteiger partial charge in [0.05, 0.1) is 16.7 Å². The first-order valence-corrected chi connectivity index (χ1v) is 4.33. The Kier molecular flexibility index (Phi) is 3.42. The summed E-state index contributed by atoms with van der Waals surface area (Å²) in [6, 6.07) is -1.36. The second-order valence-electron chi connectivity index (χ2n) is 3.41. The van der Waals surface area contributed by atoms with Gasteiger partial charge in [0.25, 0.3) is 0 Å². The zero-order valence-corrected chi connectivity index (χ0v) is 8.50. The van der Waals surface area contributed by atoms with E-state index >= 15 is 0 Å². The van der Waals surface area contributed by atoms with Crippen LogP contribution >= 0.6 is 0 Å². The molecule has 19 heavy (non-hydrogen) atoms. The first kappa shape index (κ1) is 15.4. The minimum Gasteiger partial charge on any atom is -0.507 e. The van der Waals surface area contributed by atoms with Crippen LogP contribution in [0, 0.1) is 0 Å². The van der Waals surface area contributed by atoms with E-state index in [-0.39, 0.29) is 0 Å². The van der Waals surface area contributed by atoms with E-state index in [9.17, 15) is 39.5 Å². The van der Waals surface area contributed by atoms with Gasteiger partial charge in [-0.15, -0.1) is 0 Å². The van der Waals surface area contributed by atoms with Crippen molar-refractivity contribution < 1.29 is 44.6 Å². The van der Waals surface area contributed by atoms with Crippen LogP contribution in [-0.4, -0.2) is 5.11 Å². The molecular formula is C9H3F9O. The van der Waals surface area contributed by atoms with Gasteiger partial charge in [0.1, 0.15) is 5.75 Å². The molecule has 0 atom stereocenters. The molecule has 1 aromatic rings. The summed E-state index contributed by atoms with van der Waals surface area (Å²) in [5, 5.41) is 8.79. The molecule has 0 saturated heterocycles. The van der Waals surface area contributed by atoms with Crippen LogP contribution in [0.5, 0.6) is 5.75 Å². The minimum atomic E-state index is -5.64. The van der Waals surface area contributed by atoms with E-state index < -0.39 is 53.1 Å². The Balaban J connectivity index is 3.66. The van der Waals surface area contributed by atoms with Crippen LogP contribution in [-0.2, 0) is 18.5 Å². The van der Waals surface area contributed by atoms with E-state index in [4.69, 9.17) is 5.11 Å². The van der Waals surface area contributed by atoms with Crippen molar-refractivity contribution >= 4 is 0 Å². The average Bonchev–Trinajstić information content (AvgIpc) is 2.11. The molecule has 0 fully saturated rings. The molecule has 108 valence electrons. The smallest absolute Gasteiger partial charge is 0.419 e. The van der Waals surface area contributed by atoms with Gasteiger partial charge in [-0.25, -0.2) is 0 Å². The standard InChI is InChI=1S/C9H3F9O/c10-7(11,12)3-1-5(9(16,17)18)6(19)2-4(3)8(13,14)15/h1-2,19H. The summed E-state index contributed by atoms with van der Waals surface area (Å²) >= 11 is 0. The molecule has 1 N–H and O–H groups in total. The van der Waals surface area contributed by atoms with Crippen molar-refractivity contribution in [2.45, 2.75) is 18.5 Å². The third-order valence-electron chi connectivity index (χ3n) is 2.05. The molecule has 0 aliphatic carbocycles. The summed E-state index contributed by atoms with van der Waals surface area (Å²) in [5.41, 5.74) is -7.08. The van der Waals surface area contributed by atoms with Crippen molar-refractivity contribution in [3.8, 4) is 5.75 Å². The van der Waals surface area contributed by atoms with Gasteiger partial charge in [-0.2, -0.15) is 39.5 Å². The zero-order valence-electron chi connectivity index (χ0n) is 8.50. The molecule has 1 rings (SSSR count). The normalized spacial score (nSPS) is 13.7. The molecule has 0 heterocycles. The van der Waals surface area contributed by atoms with Gasteiger partial charge >= 0.3 is 18.5 Å². The molecule has 0 amide bonds. The van der Waals surface area contributed by atoms with Crippen molar-refractivity contribution in [2.24, 2.45) is 0 Å². The van der Waals surface area contributed by atoms with Gasteiger partial charge in [-0.3, -0.25) is 0 Å². The summed E-state index contributed by atoms with van der Waals surface area (Å²) < 4.78 is 111. The molecule has 0 unspecified atom stereocenters. The maximum Gasteiger partial charge on any atom is 0.419 e. The Bertz CT molecular complexity index is 480. The Morgan fingerprint density at radius 2 is 0.895 bits per heavy atom. The van der Waals surface area contributed by atoms with Gasteiger partial charge in [-0.05, 0) is 12.1 Å². The number of aromatic hydroxyl groups is 1. The molecule has 0 spiro atoms. The van der Waals surface area contributed by atoms with E-state index in [0.717, 1.165) is 0 Å². The maximum atomic E-state index is 12.3. The van der Waals surface area contributed by atoms with Crippen LogP contribution in [0.3, 0.4) is 0 Å². The van der Waals surface area contributed by atoms with Crippen molar-refractivity contribution in [1.29, 1.82) is 0 Å². The van der Waals surface area contributed by atoms with E-state index in [2.05, 4.69) is 0 Å². The highest BCUT2D eigenvalue weighted by Gasteiger charge is 2.46. The molecular weight excluding hydrogens is 295 g/mol. The van der Waals surface area contributed by atoms with Crippen molar-refractivity contribution in [2.75, 3.05) is 0 Å². The molecule has 1 aromatic carbocycles. The number of rotatable bonds is 0. The first-order chi connectivity index (χ1) is 8.24. The maximum absolute atomic E-state index is 12.3. The predicted molar refractivity (Wildman–Crippen MR) is 43.1 cm³/mol. The molecule has 1 nitrogen and oxygen atoms in total. The van der Waals surface area contributed by atoms with Crippen LogP contribution in [0.1, 0.15) is 16.7 Å². The lowest BCUT2D eigenvalue weighted by molar-refractivity contribution is -0.163. The Morgan fingerprint density at radius 3 is 1.21 bits per heavy atom. The summed E-state index contributed by atoms with van der Waals surface area (Å²) in [6.07, 6.45) is -16.6. The molecule has 0 aromatic heterocycles. The van der Waals surface area contributed by atoms with E-state index in [0.29, 0.717) is 0 Å². The largest absolute Gasteiger partial charge is 0.507 e. The summed E-state index contributed by atoms with van der Waals surface area (Å²) in [4.78, 5) is 0. The van der Waals surface area contributed by atoms with Crippen molar-refractivity contribution in [1.82, 2.24) is 0 Å². The monoisotopic (exact) mass is 298 g/mol. The van der Waals surface area contributed by atoms with Crippen LogP contribution in [0.25, 0.3) is 0 Å². The van der Waals surface area contributed by atoms with Crippen LogP contribution < -0.4 is 0 Å². The van der Waals surface area contributed by atoms with Gasteiger partial charge in [-0.1, -0.05) is 0 Å². The summed E-state index contributed by atoms with van der Waals surface area (Å²) in [6.45, 7) is 0. The van der Waals surface area contributed by atoms with Crippen molar-refractivity contribution in [3.63, 3.8) is 0 Å². The average molecular weight is 298 g/mol. The number of phenols is 1. The fourth-order valence-corrected chi connectivity index (χ4v) is 1.28.